The number of carbonyl (C=O) groups is 1. The Morgan fingerprint density at radius 2 is 1.83 bits per heavy atom. The third kappa shape index (κ3) is 3.91. The van der Waals surface area contributed by atoms with Gasteiger partial charge in [-0.15, -0.1) is 0 Å². The first-order valence-electron chi connectivity index (χ1n) is 6.84. The molecule has 23 heavy (non-hydrogen) atoms. The number of nitrogens with zero attached hydrogens (tertiary/aromatic N) is 1. The molecule has 0 unspecified atom stereocenters. The Hall–Kier alpha value is -2.31. The van der Waals surface area contributed by atoms with E-state index in [9.17, 15) is 4.79 Å². The van der Waals surface area contributed by atoms with Gasteiger partial charge in [0.25, 0.3) is 5.91 Å². The van der Waals surface area contributed by atoms with Crippen molar-refractivity contribution in [2.45, 2.75) is 0 Å². The topological polar surface area (TPSA) is 54.0 Å². The van der Waals surface area contributed by atoms with Gasteiger partial charge in [-0.2, -0.15) is 0 Å². The van der Waals surface area contributed by atoms with Gasteiger partial charge in [0.05, 0.1) is 0 Å². The van der Waals surface area contributed by atoms with E-state index < -0.39 is 0 Å². The van der Waals surface area contributed by atoms with Crippen LogP contribution in [0, 0.1) is 0 Å². The zero-order valence-corrected chi connectivity index (χ0v) is 14.3. The molecule has 0 spiro atoms. The lowest BCUT2D eigenvalue weighted by Gasteiger charge is -2.09. The lowest BCUT2D eigenvalue weighted by molar-refractivity contribution is 0.0978. The Kier molecular flexibility index (Phi) is 4.64. The number of amides is 1. The predicted octanol–water partition coefficient (Wildman–Crippen LogP) is 4.12. The predicted molar refractivity (Wildman–Crippen MR) is 99.6 cm³/mol. The minimum absolute atomic E-state index is 0.206. The van der Waals surface area contributed by atoms with Gasteiger partial charge in [-0.05, 0) is 63.2 Å². The van der Waals surface area contributed by atoms with Crippen molar-refractivity contribution in [2.75, 3.05) is 5.32 Å². The molecular weight excluding hydrogens is 374 g/mol. The molecular formula is C17H12BrN3OS. The van der Waals surface area contributed by atoms with E-state index in [0.717, 1.165) is 15.2 Å². The van der Waals surface area contributed by atoms with Gasteiger partial charge < -0.3 is 5.32 Å². The number of pyridine rings is 1. The molecule has 1 amide bonds. The maximum atomic E-state index is 12.3. The lowest BCUT2D eigenvalue weighted by atomic mass is 10.1. The molecule has 114 valence electrons. The van der Waals surface area contributed by atoms with Crippen molar-refractivity contribution in [3.05, 3.63) is 70.8 Å². The van der Waals surface area contributed by atoms with E-state index in [1.807, 2.05) is 42.5 Å². The van der Waals surface area contributed by atoms with E-state index in [4.69, 9.17) is 12.2 Å². The molecule has 0 aliphatic rings. The summed E-state index contributed by atoms with van der Waals surface area (Å²) in [6.45, 7) is 0. The van der Waals surface area contributed by atoms with Crippen LogP contribution in [-0.4, -0.2) is 16.0 Å². The number of aromatic nitrogens is 1. The van der Waals surface area contributed by atoms with E-state index in [0.29, 0.717) is 11.4 Å². The molecule has 1 heterocycles. The number of thiocarbonyl (C=S) groups is 1. The van der Waals surface area contributed by atoms with Gasteiger partial charge in [0.2, 0.25) is 0 Å². The SMILES string of the molecule is O=C(NC(=S)Nc1ccc(Br)cn1)c1ccc2ccccc2c1. The van der Waals surface area contributed by atoms with Crippen molar-refractivity contribution in [3.63, 3.8) is 0 Å². The van der Waals surface area contributed by atoms with Crippen LogP contribution in [0.15, 0.2) is 65.3 Å². The lowest BCUT2D eigenvalue weighted by Crippen LogP contribution is -2.34. The minimum Gasteiger partial charge on any atom is -0.317 e. The number of fused-ring (bicyclic) bond motifs is 1. The summed E-state index contributed by atoms with van der Waals surface area (Å²) in [6.07, 6.45) is 1.65. The van der Waals surface area contributed by atoms with Gasteiger partial charge in [-0.25, -0.2) is 4.98 Å². The first kappa shape index (κ1) is 15.6. The number of hydrogen-bond acceptors (Lipinski definition) is 3. The third-order valence-electron chi connectivity index (χ3n) is 3.21. The molecule has 0 atom stereocenters. The molecule has 2 N–H and O–H groups in total. The maximum absolute atomic E-state index is 12.3. The van der Waals surface area contributed by atoms with Gasteiger partial charge in [0.15, 0.2) is 5.11 Å². The second kappa shape index (κ2) is 6.85. The first-order valence-corrected chi connectivity index (χ1v) is 8.05. The molecule has 0 fully saturated rings. The van der Waals surface area contributed by atoms with E-state index in [-0.39, 0.29) is 11.0 Å². The molecule has 0 aliphatic carbocycles. The average Bonchev–Trinajstić information content (AvgIpc) is 2.56. The highest BCUT2D eigenvalue weighted by Gasteiger charge is 2.09. The van der Waals surface area contributed by atoms with Crippen LogP contribution < -0.4 is 10.6 Å². The Labute approximate surface area is 147 Å². The number of benzene rings is 2. The largest absolute Gasteiger partial charge is 0.317 e. The average molecular weight is 386 g/mol. The normalized spacial score (nSPS) is 10.3. The van der Waals surface area contributed by atoms with Crippen molar-refractivity contribution in [2.24, 2.45) is 0 Å². The highest BCUT2D eigenvalue weighted by molar-refractivity contribution is 9.10. The zero-order valence-electron chi connectivity index (χ0n) is 11.9. The number of hydrogen-bond donors (Lipinski definition) is 2. The number of anilines is 1. The van der Waals surface area contributed by atoms with Crippen molar-refractivity contribution < 1.29 is 4.79 Å². The molecule has 0 saturated heterocycles. The quantitative estimate of drug-likeness (QED) is 0.651. The fraction of sp³-hybridized carbons (Fsp3) is 0. The van der Waals surface area contributed by atoms with Crippen LogP contribution in [0.5, 0.6) is 0 Å². The van der Waals surface area contributed by atoms with Crippen molar-refractivity contribution >= 4 is 55.8 Å². The van der Waals surface area contributed by atoms with Gasteiger partial charge in [-0.3, -0.25) is 10.1 Å². The molecule has 0 saturated carbocycles. The molecule has 1 aromatic heterocycles. The number of nitrogens with one attached hydrogen (secondary N) is 2. The Balaban J connectivity index is 1.69. The van der Waals surface area contributed by atoms with E-state index in [2.05, 4.69) is 31.5 Å². The number of halogens is 1. The zero-order chi connectivity index (χ0) is 16.2. The second-order valence-electron chi connectivity index (χ2n) is 4.83. The van der Waals surface area contributed by atoms with E-state index in [1.54, 1.807) is 18.3 Å². The molecule has 3 aromatic rings. The maximum Gasteiger partial charge on any atom is 0.257 e. The summed E-state index contributed by atoms with van der Waals surface area (Å²) >= 11 is 8.46. The second-order valence-corrected chi connectivity index (χ2v) is 6.16. The summed E-state index contributed by atoms with van der Waals surface area (Å²) in [7, 11) is 0. The molecule has 2 aromatic carbocycles. The van der Waals surface area contributed by atoms with Gasteiger partial charge >= 0.3 is 0 Å². The summed E-state index contributed by atoms with van der Waals surface area (Å²) in [6, 6.07) is 17.0. The van der Waals surface area contributed by atoms with Crippen LogP contribution in [0.4, 0.5) is 5.82 Å². The Morgan fingerprint density at radius 3 is 2.57 bits per heavy atom. The first-order chi connectivity index (χ1) is 11.1. The highest BCUT2D eigenvalue weighted by Crippen LogP contribution is 2.15. The van der Waals surface area contributed by atoms with E-state index >= 15 is 0 Å². The van der Waals surface area contributed by atoms with Crippen molar-refractivity contribution in [3.8, 4) is 0 Å². The molecule has 0 aliphatic heterocycles. The molecule has 6 heteroatoms. The molecule has 4 nitrogen and oxygen atoms in total. The molecule has 3 rings (SSSR count). The van der Waals surface area contributed by atoms with Crippen LogP contribution in [-0.2, 0) is 0 Å². The van der Waals surface area contributed by atoms with Gasteiger partial charge in [0, 0.05) is 16.2 Å². The smallest absolute Gasteiger partial charge is 0.257 e. The van der Waals surface area contributed by atoms with Crippen molar-refractivity contribution in [1.82, 2.24) is 10.3 Å². The van der Waals surface area contributed by atoms with Crippen LogP contribution in [0.3, 0.4) is 0 Å². The Bertz CT molecular complexity index is 880. The number of rotatable bonds is 2. The van der Waals surface area contributed by atoms with E-state index in [1.165, 1.54) is 0 Å². The van der Waals surface area contributed by atoms with Crippen LogP contribution >= 0.6 is 28.1 Å². The van der Waals surface area contributed by atoms with Gasteiger partial charge in [-0.1, -0.05) is 30.3 Å². The summed E-state index contributed by atoms with van der Waals surface area (Å²) in [5.41, 5.74) is 0.552. The number of carbonyl (C=O) groups excluding carboxylic acids is 1. The standard InChI is InChI=1S/C17H12BrN3OS/c18-14-7-8-15(19-10-14)20-17(23)21-16(22)13-6-5-11-3-1-2-4-12(11)9-13/h1-10H,(H2,19,20,21,22,23). The van der Waals surface area contributed by atoms with Crippen LogP contribution in [0.2, 0.25) is 0 Å². The minimum atomic E-state index is -0.259. The molecule has 0 radical (unpaired) electrons. The summed E-state index contributed by atoms with van der Waals surface area (Å²) in [5.74, 6) is 0.308. The summed E-state index contributed by atoms with van der Waals surface area (Å²) in [4.78, 5) is 16.4. The van der Waals surface area contributed by atoms with Crippen LogP contribution in [0.1, 0.15) is 10.4 Å². The summed E-state index contributed by atoms with van der Waals surface area (Å²) < 4.78 is 0.870. The van der Waals surface area contributed by atoms with Gasteiger partial charge in [0.1, 0.15) is 5.82 Å². The highest BCUT2D eigenvalue weighted by atomic mass is 79.9. The van der Waals surface area contributed by atoms with Crippen molar-refractivity contribution in [1.29, 1.82) is 0 Å². The third-order valence-corrected chi connectivity index (χ3v) is 3.88. The summed E-state index contributed by atoms with van der Waals surface area (Å²) in [5, 5.41) is 7.83. The fourth-order valence-corrected chi connectivity index (χ4v) is 2.53. The van der Waals surface area contributed by atoms with Crippen LogP contribution in [0.25, 0.3) is 10.8 Å². The monoisotopic (exact) mass is 385 g/mol. The Morgan fingerprint density at radius 1 is 1.04 bits per heavy atom. The molecule has 0 bridgehead atoms. The fourth-order valence-electron chi connectivity index (χ4n) is 2.10.